The van der Waals surface area contributed by atoms with E-state index in [1.165, 1.54) is 4.31 Å². The summed E-state index contributed by atoms with van der Waals surface area (Å²) in [5.41, 5.74) is 3.68. The minimum Gasteiger partial charge on any atom is -0.439 e. The minimum atomic E-state index is -3.65. The maximum Gasteiger partial charge on any atom is 0.243 e. The van der Waals surface area contributed by atoms with Crippen LogP contribution >= 0.6 is 0 Å². The maximum atomic E-state index is 13.4. The lowest BCUT2D eigenvalue weighted by Gasteiger charge is -2.31. The molecule has 0 radical (unpaired) electrons. The van der Waals surface area contributed by atoms with Crippen molar-refractivity contribution in [2.45, 2.75) is 31.7 Å². The molecule has 1 saturated heterocycles. The Bertz CT molecular complexity index is 1270. The van der Waals surface area contributed by atoms with Gasteiger partial charge in [-0.1, -0.05) is 35.4 Å². The molecule has 0 aliphatic carbocycles. The van der Waals surface area contributed by atoms with Gasteiger partial charge in [0.15, 0.2) is 0 Å². The summed E-state index contributed by atoms with van der Waals surface area (Å²) in [5.74, 6) is 1.65. The molecule has 9 heteroatoms. The number of ether oxygens (including phenoxy) is 2. The van der Waals surface area contributed by atoms with Crippen LogP contribution in [0, 0.1) is 13.8 Å². The zero-order valence-corrected chi connectivity index (χ0v) is 20.2. The summed E-state index contributed by atoms with van der Waals surface area (Å²) in [6.07, 6.45) is 0.491. The van der Waals surface area contributed by atoms with Crippen LogP contribution in [0.5, 0.6) is 11.6 Å². The van der Waals surface area contributed by atoms with E-state index in [4.69, 9.17) is 19.4 Å². The smallest absolute Gasteiger partial charge is 0.243 e. The molecule has 3 heterocycles. The van der Waals surface area contributed by atoms with Gasteiger partial charge in [-0.3, -0.25) is 0 Å². The molecule has 0 saturated carbocycles. The first kappa shape index (κ1) is 22.8. The quantitative estimate of drug-likeness (QED) is 0.553. The Balaban J connectivity index is 1.51. The number of morpholine rings is 1. The van der Waals surface area contributed by atoms with Crippen LogP contribution in [0.2, 0.25) is 0 Å². The lowest BCUT2D eigenvalue weighted by molar-refractivity contribution is 0.122. The zero-order valence-electron chi connectivity index (χ0n) is 19.4. The number of sulfonamides is 1. The van der Waals surface area contributed by atoms with Crippen LogP contribution in [0.4, 0.5) is 5.95 Å². The van der Waals surface area contributed by atoms with Gasteiger partial charge in [0.25, 0.3) is 0 Å². The van der Waals surface area contributed by atoms with E-state index in [2.05, 4.69) is 4.90 Å². The van der Waals surface area contributed by atoms with Gasteiger partial charge in [0.2, 0.25) is 21.9 Å². The van der Waals surface area contributed by atoms with Gasteiger partial charge in [-0.2, -0.15) is 9.29 Å². The monoisotopic (exact) mass is 480 g/mol. The van der Waals surface area contributed by atoms with E-state index in [0.29, 0.717) is 62.4 Å². The molecule has 0 spiro atoms. The van der Waals surface area contributed by atoms with E-state index in [9.17, 15) is 8.42 Å². The standard InChI is InChI=1S/C25H28N4O4S/c1-18-3-7-20(8-4-18)33-24-22-17-29(34(30,31)21-9-5-19(2)6-10-21)12-11-23(22)26-25(27-24)28-13-15-32-16-14-28/h3-10H,11-17H2,1-2H3. The largest absolute Gasteiger partial charge is 0.439 e. The Hall–Kier alpha value is -3.01. The minimum absolute atomic E-state index is 0.163. The normalized spacial score (nSPS) is 16.8. The molecule has 178 valence electrons. The highest BCUT2D eigenvalue weighted by Crippen LogP contribution is 2.33. The Labute approximate surface area is 200 Å². The number of rotatable bonds is 5. The fraction of sp³-hybridized carbons (Fsp3) is 0.360. The third-order valence-electron chi connectivity index (χ3n) is 6.16. The second-order valence-electron chi connectivity index (χ2n) is 8.67. The number of anilines is 1. The number of benzene rings is 2. The molecule has 0 unspecified atom stereocenters. The summed E-state index contributed by atoms with van der Waals surface area (Å²) in [4.78, 5) is 11.9. The van der Waals surface area contributed by atoms with Crippen LogP contribution in [-0.2, 0) is 27.7 Å². The van der Waals surface area contributed by atoms with Crippen molar-refractivity contribution in [2.24, 2.45) is 0 Å². The van der Waals surface area contributed by atoms with Crippen molar-refractivity contribution in [3.05, 3.63) is 70.9 Å². The molecule has 1 aromatic heterocycles. The molecule has 0 amide bonds. The molecule has 2 aromatic carbocycles. The third kappa shape index (κ3) is 4.64. The van der Waals surface area contributed by atoms with Crippen molar-refractivity contribution < 1.29 is 17.9 Å². The molecular formula is C25H28N4O4S. The molecule has 5 rings (SSSR count). The topological polar surface area (TPSA) is 84.9 Å². The summed E-state index contributed by atoms with van der Waals surface area (Å²) < 4.78 is 39.9. The average molecular weight is 481 g/mol. The first-order chi connectivity index (χ1) is 16.4. The third-order valence-corrected chi connectivity index (χ3v) is 8.02. The van der Waals surface area contributed by atoms with Crippen LogP contribution in [-0.4, -0.2) is 55.5 Å². The lowest BCUT2D eigenvalue weighted by Crippen LogP contribution is -2.39. The van der Waals surface area contributed by atoms with Gasteiger partial charge >= 0.3 is 0 Å². The molecule has 2 aliphatic rings. The summed E-state index contributed by atoms with van der Waals surface area (Å²) >= 11 is 0. The van der Waals surface area contributed by atoms with Crippen LogP contribution in [0.15, 0.2) is 53.4 Å². The zero-order chi connectivity index (χ0) is 23.7. The number of fused-ring (bicyclic) bond motifs is 1. The van der Waals surface area contributed by atoms with E-state index >= 15 is 0 Å². The van der Waals surface area contributed by atoms with E-state index in [1.807, 2.05) is 50.2 Å². The van der Waals surface area contributed by atoms with Gasteiger partial charge < -0.3 is 14.4 Å². The molecule has 1 fully saturated rings. The van der Waals surface area contributed by atoms with E-state index in [0.717, 1.165) is 16.8 Å². The highest BCUT2D eigenvalue weighted by Gasteiger charge is 2.32. The van der Waals surface area contributed by atoms with Crippen molar-refractivity contribution >= 4 is 16.0 Å². The van der Waals surface area contributed by atoms with E-state index < -0.39 is 10.0 Å². The predicted molar refractivity (Wildman–Crippen MR) is 129 cm³/mol. The van der Waals surface area contributed by atoms with Crippen molar-refractivity contribution in [3.63, 3.8) is 0 Å². The van der Waals surface area contributed by atoms with Crippen molar-refractivity contribution in [1.82, 2.24) is 14.3 Å². The van der Waals surface area contributed by atoms with Crippen molar-refractivity contribution in [1.29, 1.82) is 0 Å². The molecule has 34 heavy (non-hydrogen) atoms. The summed E-state index contributed by atoms with van der Waals surface area (Å²) in [5, 5.41) is 0. The van der Waals surface area contributed by atoms with Crippen LogP contribution in [0.3, 0.4) is 0 Å². The molecule has 0 atom stereocenters. The van der Waals surface area contributed by atoms with Gasteiger partial charge in [0.05, 0.1) is 29.4 Å². The molecule has 3 aromatic rings. The average Bonchev–Trinajstić information content (AvgIpc) is 2.86. The number of hydrogen-bond acceptors (Lipinski definition) is 7. The maximum absolute atomic E-state index is 13.4. The Morgan fingerprint density at radius 1 is 0.882 bits per heavy atom. The first-order valence-electron chi connectivity index (χ1n) is 11.4. The Morgan fingerprint density at radius 3 is 2.21 bits per heavy atom. The highest BCUT2D eigenvalue weighted by atomic mass is 32.2. The molecule has 0 N–H and O–H groups in total. The van der Waals surface area contributed by atoms with Crippen molar-refractivity contribution in [3.8, 4) is 11.6 Å². The molecule has 0 bridgehead atoms. The Morgan fingerprint density at radius 2 is 1.53 bits per heavy atom. The second kappa shape index (κ2) is 9.32. The SMILES string of the molecule is Cc1ccc(Oc2nc(N3CCOCC3)nc3c2CN(S(=O)(=O)c2ccc(C)cc2)CC3)cc1. The molecule has 2 aliphatic heterocycles. The number of aromatic nitrogens is 2. The summed E-state index contributed by atoms with van der Waals surface area (Å²) in [6, 6.07) is 14.7. The fourth-order valence-electron chi connectivity index (χ4n) is 4.12. The van der Waals surface area contributed by atoms with Crippen LogP contribution in [0.1, 0.15) is 22.4 Å². The summed E-state index contributed by atoms with van der Waals surface area (Å²) in [6.45, 7) is 7.12. The second-order valence-corrected chi connectivity index (χ2v) is 10.6. The van der Waals surface area contributed by atoms with Gasteiger partial charge in [-0.05, 0) is 38.1 Å². The Kier molecular flexibility index (Phi) is 6.24. The predicted octanol–water partition coefficient (Wildman–Crippen LogP) is 3.47. The first-order valence-corrected chi connectivity index (χ1v) is 12.9. The number of hydrogen-bond donors (Lipinski definition) is 0. The van der Waals surface area contributed by atoms with Crippen molar-refractivity contribution in [2.75, 3.05) is 37.7 Å². The van der Waals surface area contributed by atoms with Gasteiger partial charge in [-0.25, -0.2) is 13.4 Å². The van der Waals surface area contributed by atoms with Crippen LogP contribution < -0.4 is 9.64 Å². The van der Waals surface area contributed by atoms with Crippen LogP contribution in [0.25, 0.3) is 0 Å². The number of aryl methyl sites for hydroxylation is 2. The lowest BCUT2D eigenvalue weighted by atomic mass is 10.1. The molecule has 8 nitrogen and oxygen atoms in total. The fourth-order valence-corrected chi connectivity index (χ4v) is 5.53. The van der Waals surface area contributed by atoms with E-state index in [1.54, 1.807) is 12.1 Å². The van der Waals surface area contributed by atoms with E-state index in [-0.39, 0.29) is 11.4 Å². The summed E-state index contributed by atoms with van der Waals surface area (Å²) in [7, 11) is -3.65. The molecular weight excluding hydrogens is 452 g/mol. The van der Waals surface area contributed by atoms with Gasteiger partial charge in [-0.15, -0.1) is 0 Å². The number of nitrogens with zero attached hydrogens (tertiary/aromatic N) is 4. The van der Waals surface area contributed by atoms with Gasteiger partial charge in [0.1, 0.15) is 5.75 Å². The van der Waals surface area contributed by atoms with Gasteiger partial charge in [0, 0.05) is 32.6 Å². The highest BCUT2D eigenvalue weighted by molar-refractivity contribution is 7.89.